The van der Waals surface area contributed by atoms with Crippen molar-refractivity contribution >= 4 is 27.7 Å². The van der Waals surface area contributed by atoms with Gasteiger partial charge in [0.25, 0.3) is 0 Å². The number of alkyl halides is 1. The fourth-order valence-corrected chi connectivity index (χ4v) is 1.68. The van der Waals surface area contributed by atoms with Crippen molar-refractivity contribution in [1.82, 2.24) is 0 Å². The number of Topliss-reactive ketones (excluding diaryl/α,β-unsaturated/α-hetero) is 1. The molecule has 17 heavy (non-hydrogen) atoms. The maximum absolute atomic E-state index is 11.8. The van der Waals surface area contributed by atoms with E-state index >= 15 is 0 Å². The molecule has 2 unspecified atom stereocenters. The molecule has 0 aliphatic rings. The summed E-state index contributed by atoms with van der Waals surface area (Å²) >= 11 is 3.17. The first-order chi connectivity index (χ1) is 7.84. The summed E-state index contributed by atoms with van der Waals surface area (Å²) in [6.45, 7) is 3.46. The Kier molecular flexibility index (Phi) is 4.42. The third-order valence-electron chi connectivity index (χ3n) is 2.44. The van der Waals surface area contributed by atoms with Gasteiger partial charge in [-0.2, -0.15) is 0 Å². The van der Waals surface area contributed by atoms with Crippen molar-refractivity contribution in [2.24, 2.45) is 0 Å². The van der Waals surface area contributed by atoms with Gasteiger partial charge in [-0.05, 0) is 31.0 Å². The van der Waals surface area contributed by atoms with E-state index in [1.165, 1.54) is 12.1 Å². The lowest BCUT2D eigenvalue weighted by Gasteiger charge is -2.11. The molecule has 0 saturated heterocycles. The van der Waals surface area contributed by atoms with Gasteiger partial charge in [0.2, 0.25) is 0 Å². The van der Waals surface area contributed by atoms with Crippen LogP contribution in [0.25, 0.3) is 0 Å². The summed E-state index contributed by atoms with van der Waals surface area (Å²) in [4.78, 5) is 22.1. The minimum Gasteiger partial charge on any atom is -0.479 e. The van der Waals surface area contributed by atoms with Crippen LogP contribution >= 0.6 is 15.9 Å². The van der Waals surface area contributed by atoms with Crippen molar-refractivity contribution in [3.05, 3.63) is 34.9 Å². The van der Waals surface area contributed by atoms with Gasteiger partial charge in [0.15, 0.2) is 11.9 Å². The minimum absolute atomic E-state index is 0.137. The number of halogens is 1. The van der Waals surface area contributed by atoms with Gasteiger partial charge in [-0.1, -0.05) is 28.1 Å². The highest BCUT2D eigenvalue weighted by Crippen LogP contribution is 2.20. The standard InChI is InChI=1S/C12H13BrO4/c1-6-3-4-8(11(15)12(16)17)5-9(6)10(14)7(2)13/h3-5,7,11,15H,1-2H3,(H,16,17). The van der Waals surface area contributed by atoms with E-state index in [9.17, 15) is 14.7 Å². The second-order valence-corrected chi connectivity index (χ2v) is 5.17. The van der Waals surface area contributed by atoms with Crippen LogP contribution in [0.15, 0.2) is 18.2 Å². The van der Waals surface area contributed by atoms with Crippen LogP contribution in [0.2, 0.25) is 0 Å². The number of carboxylic acid groups (broad SMARTS) is 1. The highest BCUT2D eigenvalue weighted by atomic mass is 79.9. The van der Waals surface area contributed by atoms with E-state index in [1.807, 2.05) is 0 Å². The molecule has 0 aliphatic heterocycles. The topological polar surface area (TPSA) is 74.6 Å². The number of aliphatic hydroxyl groups is 1. The number of carbonyl (C=O) groups is 2. The molecule has 2 atom stereocenters. The zero-order chi connectivity index (χ0) is 13.2. The van der Waals surface area contributed by atoms with Crippen LogP contribution in [0.1, 0.15) is 34.5 Å². The summed E-state index contributed by atoms with van der Waals surface area (Å²) in [6.07, 6.45) is -1.60. The molecule has 0 spiro atoms. The number of hydrogen-bond donors (Lipinski definition) is 2. The van der Waals surface area contributed by atoms with Gasteiger partial charge in [0.05, 0.1) is 4.83 Å². The molecule has 1 aromatic carbocycles. The van der Waals surface area contributed by atoms with Crippen molar-refractivity contribution in [2.45, 2.75) is 24.8 Å². The Labute approximate surface area is 107 Å². The van der Waals surface area contributed by atoms with Crippen LogP contribution in [0, 0.1) is 6.92 Å². The van der Waals surface area contributed by atoms with Gasteiger partial charge >= 0.3 is 5.97 Å². The summed E-state index contributed by atoms with van der Waals surface area (Å²) in [5, 5.41) is 18.1. The summed E-state index contributed by atoms with van der Waals surface area (Å²) in [7, 11) is 0. The van der Waals surface area contributed by atoms with Crippen LogP contribution in [0.3, 0.4) is 0 Å². The number of rotatable bonds is 4. The SMILES string of the molecule is Cc1ccc(C(O)C(=O)O)cc1C(=O)C(C)Br. The normalized spacial score (nSPS) is 14.1. The quantitative estimate of drug-likeness (QED) is 0.659. The predicted octanol–water partition coefficient (Wildman–Crippen LogP) is 2.08. The maximum Gasteiger partial charge on any atom is 0.337 e. The molecule has 92 valence electrons. The van der Waals surface area contributed by atoms with E-state index in [0.29, 0.717) is 5.56 Å². The average molecular weight is 301 g/mol. The number of aliphatic hydroxyl groups excluding tert-OH is 1. The lowest BCUT2D eigenvalue weighted by Crippen LogP contribution is -2.15. The molecular formula is C12H13BrO4. The zero-order valence-electron chi connectivity index (χ0n) is 9.48. The number of hydrogen-bond acceptors (Lipinski definition) is 3. The van der Waals surface area contributed by atoms with Crippen molar-refractivity contribution in [1.29, 1.82) is 0 Å². The number of benzene rings is 1. The second kappa shape index (κ2) is 5.42. The van der Waals surface area contributed by atoms with Gasteiger partial charge < -0.3 is 10.2 Å². The maximum atomic E-state index is 11.8. The van der Waals surface area contributed by atoms with Crippen LogP contribution < -0.4 is 0 Å². The van der Waals surface area contributed by atoms with Crippen molar-refractivity contribution in [3.63, 3.8) is 0 Å². The molecule has 0 amide bonds. The van der Waals surface area contributed by atoms with Crippen LogP contribution in [0.5, 0.6) is 0 Å². The molecule has 5 heteroatoms. The molecule has 0 radical (unpaired) electrons. The molecule has 0 saturated carbocycles. The molecule has 2 N–H and O–H groups in total. The molecule has 1 aromatic rings. The first-order valence-corrected chi connectivity index (χ1v) is 5.96. The first kappa shape index (κ1) is 13.9. The summed E-state index contributed by atoms with van der Waals surface area (Å²) in [5.41, 5.74) is 1.38. The van der Waals surface area contributed by atoms with Gasteiger partial charge in [0, 0.05) is 5.56 Å². The number of carbonyl (C=O) groups excluding carboxylic acids is 1. The van der Waals surface area contributed by atoms with Crippen LogP contribution in [0.4, 0.5) is 0 Å². The largest absolute Gasteiger partial charge is 0.479 e. The van der Waals surface area contributed by atoms with E-state index in [-0.39, 0.29) is 16.2 Å². The Bertz CT molecular complexity index is 454. The van der Waals surface area contributed by atoms with Crippen molar-refractivity contribution in [2.75, 3.05) is 0 Å². The average Bonchev–Trinajstić information content (AvgIpc) is 2.27. The Morgan fingerprint density at radius 2 is 1.94 bits per heavy atom. The Balaban J connectivity index is 3.19. The smallest absolute Gasteiger partial charge is 0.337 e. The molecule has 0 aliphatic carbocycles. The molecule has 4 nitrogen and oxygen atoms in total. The fraction of sp³-hybridized carbons (Fsp3) is 0.333. The fourth-order valence-electron chi connectivity index (χ4n) is 1.43. The molecule has 1 rings (SSSR count). The molecule has 0 heterocycles. The monoisotopic (exact) mass is 300 g/mol. The lowest BCUT2D eigenvalue weighted by atomic mass is 9.98. The highest BCUT2D eigenvalue weighted by Gasteiger charge is 2.20. The third-order valence-corrected chi connectivity index (χ3v) is 2.85. The number of carboxylic acids is 1. The number of aliphatic carboxylic acids is 1. The van der Waals surface area contributed by atoms with Gasteiger partial charge in [-0.3, -0.25) is 4.79 Å². The molecule has 0 fully saturated rings. The third kappa shape index (κ3) is 3.14. The second-order valence-electron chi connectivity index (χ2n) is 3.80. The molecular weight excluding hydrogens is 288 g/mol. The molecule has 0 aromatic heterocycles. The predicted molar refractivity (Wildman–Crippen MR) is 66.5 cm³/mol. The summed E-state index contributed by atoms with van der Waals surface area (Å²) in [5.74, 6) is -1.47. The van der Waals surface area contributed by atoms with E-state index in [1.54, 1.807) is 19.9 Å². The Hall–Kier alpha value is -1.20. The minimum atomic E-state index is -1.60. The number of aryl methyl sites for hydroxylation is 1. The highest BCUT2D eigenvalue weighted by molar-refractivity contribution is 9.10. The van der Waals surface area contributed by atoms with Gasteiger partial charge in [-0.25, -0.2) is 4.79 Å². The molecule has 0 bridgehead atoms. The van der Waals surface area contributed by atoms with Crippen molar-refractivity contribution in [3.8, 4) is 0 Å². The van der Waals surface area contributed by atoms with E-state index in [2.05, 4.69) is 15.9 Å². The first-order valence-electron chi connectivity index (χ1n) is 5.04. The van der Waals surface area contributed by atoms with Crippen molar-refractivity contribution < 1.29 is 19.8 Å². The van der Waals surface area contributed by atoms with Gasteiger partial charge in [0.1, 0.15) is 0 Å². The van der Waals surface area contributed by atoms with Crippen LogP contribution in [-0.2, 0) is 4.79 Å². The Morgan fingerprint density at radius 3 is 2.41 bits per heavy atom. The zero-order valence-corrected chi connectivity index (χ0v) is 11.1. The van der Waals surface area contributed by atoms with E-state index in [4.69, 9.17) is 5.11 Å². The Morgan fingerprint density at radius 1 is 1.35 bits per heavy atom. The summed E-state index contributed by atoms with van der Waals surface area (Å²) < 4.78 is 0. The lowest BCUT2D eigenvalue weighted by molar-refractivity contribution is -0.146. The van der Waals surface area contributed by atoms with Crippen LogP contribution in [-0.4, -0.2) is 26.8 Å². The number of ketones is 1. The summed E-state index contributed by atoms with van der Waals surface area (Å²) in [6, 6.07) is 4.56. The van der Waals surface area contributed by atoms with Gasteiger partial charge in [-0.15, -0.1) is 0 Å². The van der Waals surface area contributed by atoms with E-state index in [0.717, 1.165) is 5.56 Å². The van der Waals surface area contributed by atoms with E-state index < -0.39 is 12.1 Å².